The predicted octanol–water partition coefficient (Wildman–Crippen LogP) is 3.23. The Balaban J connectivity index is 1.94. The van der Waals surface area contributed by atoms with Crippen LogP contribution in [0.25, 0.3) is 0 Å². The first-order valence-corrected chi connectivity index (χ1v) is 8.55. The second-order valence-corrected chi connectivity index (χ2v) is 8.35. The van der Waals surface area contributed by atoms with Gasteiger partial charge in [0, 0.05) is 23.6 Å². The van der Waals surface area contributed by atoms with E-state index in [2.05, 4.69) is 49.7 Å². The van der Waals surface area contributed by atoms with E-state index in [-0.39, 0.29) is 0 Å². The van der Waals surface area contributed by atoms with Crippen LogP contribution in [0, 0.1) is 5.92 Å². The lowest BCUT2D eigenvalue weighted by Gasteiger charge is -2.37. The summed E-state index contributed by atoms with van der Waals surface area (Å²) in [5, 5.41) is 3.52. The first-order valence-electron chi connectivity index (χ1n) is 7.57. The van der Waals surface area contributed by atoms with Gasteiger partial charge in [-0.3, -0.25) is 0 Å². The predicted molar refractivity (Wildman–Crippen MR) is 84.5 cm³/mol. The van der Waals surface area contributed by atoms with E-state index in [4.69, 9.17) is 0 Å². The summed E-state index contributed by atoms with van der Waals surface area (Å²) in [6, 6.07) is 0. The van der Waals surface area contributed by atoms with Gasteiger partial charge < -0.3 is 10.2 Å². The molecule has 18 heavy (non-hydrogen) atoms. The average Bonchev–Trinajstić information content (AvgIpc) is 2.26. The van der Waals surface area contributed by atoms with Crippen molar-refractivity contribution in [2.45, 2.75) is 51.7 Å². The first-order chi connectivity index (χ1) is 8.49. The summed E-state index contributed by atoms with van der Waals surface area (Å²) in [6.45, 7) is 15.5. The molecule has 0 saturated carbocycles. The van der Waals surface area contributed by atoms with E-state index in [0.717, 1.165) is 12.5 Å². The van der Waals surface area contributed by atoms with Crippen LogP contribution in [0.15, 0.2) is 0 Å². The minimum Gasteiger partial charge on any atom is -0.316 e. The highest BCUT2D eigenvalue weighted by atomic mass is 32.2. The Morgan fingerprint density at radius 2 is 2.00 bits per heavy atom. The number of rotatable bonds is 8. The summed E-state index contributed by atoms with van der Waals surface area (Å²) in [7, 11) is 0. The van der Waals surface area contributed by atoms with Gasteiger partial charge in [0.1, 0.15) is 0 Å². The van der Waals surface area contributed by atoms with Gasteiger partial charge in [0.05, 0.1) is 0 Å². The molecule has 1 aliphatic heterocycles. The quantitative estimate of drug-likeness (QED) is 0.683. The third-order valence-electron chi connectivity index (χ3n) is 3.39. The molecule has 1 heterocycles. The largest absolute Gasteiger partial charge is 0.316 e. The maximum Gasteiger partial charge on any atom is 0.0231 e. The molecular formula is C15H32N2S. The van der Waals surface area contributed by atoms with Crippen molar-refractivity contribution in [3.05, 3.63) is 0 Å². The number of hydrogen-bond donors (Lipinski definition) is 1. The molecule has 0 aromatic rings. The standard InChI is InChI=1S/C15H32N2S/c1-14(2)12-16-8-6-5-7-9-17-10-11-18-15(3,4)13-17/h14,16H,5-13H2,1-4H3. The van der Waals surface area contributed by atoms with Crippen LogP contribution >= 0.6 is 11.8 Å². The van der Waals surface area contributed by atoms with Crippen LogP contribution in [0.4, 0.5) is 0 Å². The van der Waals surface area contributed by atoms with Crippen molar-refractivity contribution in [3.8, 4) is 0 Å². The molecule has 0 aromatic heterocycles. The minimum absolute atomic E-state index is 0.469. The van der Waals surface area contributed by atoms with Crippen LogP contribution < -0.4 is 5.32 Å². The van der Waals surface area contributed by atoms with Gasteiger partial charge in [0.15, 0.2) is 0 Å². The highest BCUT2D eigenvalue weighted by Gasteiger charge is 2.26. The molecule has 1 fully saturated rings. The van der Waals surface area contributed by atoms with Gasteiger partial charge in [-0.25, -0.2) is 0 Å². The van der Waals surface area contributed by atoms with E-state index in [1.165, 1.54) is 51.2 Å². The average molecular weight is 273 g/mol. The molecule has 0 amide bonds. The monoisotopic (exact) mass is 272 g/mol. The van der Waals surface area contributed by atoms with Crippen molar-refractivity contribution in [3.63, 3.8) is 0 Å². The van der Waals surface area contributed by atoms with Gasteiger partial charge in [-0.15, -0.1) is 0 Å². The maximum atomic E-state index is 3.52. The zero-order valence-corrected chi connectivity index (χ0v) is 13.6. The summed E-state index contributed by atoms with van der Waals surface area (Å²) in [6.07, 6.45) is 4.07. The fourth-order valence-electron chi connectivity index (χ4n) is 2.46. The number of thioether (sulfide) groups is 1. The highest BCUT2D eigenvalue weighted by molar-refractivity contribution is 8.00. The lowest BCUT2D eigenvalue weighted by Crippen LogP contribution is -2.43. The van der Waals surface area contributed by atoms with E-state index in [1.807, 2.05) is 0 Å². The number of hydrogen-bond acceptors (Lipinski definition) is 3. The van der Waals surface area contributed by atoms with Gasteiger partial charge in [-0.05, 0) is 52.2 Å². The second-order valence-electron chi connectivity index (χ2n) is 6.54. The van der Waals surface area contributed by atoms with Crippen molar-refractivity contribution in [1.82, 2.24) is 10.2 Å². The molecule has 1 rings (SSSR count). The SMILES string of the molecule is CC(C)CNCCCCCN1CCSC(C)(C)C1. The third kappa shape index (κ3) is 7.65. The zero-order chi connectivity index (χ0) is 13.4. The van der Waals surface area contributed by atoms with Crippen molar-refractivity contribution in [2.75, 3.05) is 38.5 Å². The Kier molecular flexibility index (Phi) is 7.66. The molecule has 0 bridgehead atoms. The Morgan fingerprint density at radius 3 is 2.67 bits per heavy atom. The Bertz CT molecular complexity index is 217. The van der Waals surface area contributed by atoms with Crippen LogP contribution in [0.3, 0.4) is 0 Å². The van der Waals surface area contributed by atoms with E-state index in [9.17, 15) is 0 Å². The van der Waals surface area contributed by atoms with E-state index >= 15 is 0 Å². The van der Waals surface area contributed by atoms with E-state index < -0.39 is 0 Å². The smallest absolute Gasteiger partial charge is 0.0231 e. The number of nitrogens with one attached hydrogen (secondary N) is 1. The normalized spacial score (nSPS) is 20.5. The molecular weight excluding hydrogens is 240 g/mol. The van der Waals surface area contributed by atoms with E-state index in [0.29, 0.717) is 4.75 Å². The minimum atomic E-state index is 0.469. The molecule has 2 nitrogen and oxygen atoms in total. The molecule has 108 valence electrons. The van der Waals surface area contributed by atoms with Gasteiger partial charge in [0.2, 0.25) is 0 Å². The Morgan fingerprint density at radius 1 is 1.22 bits per heavy atom. The summed E-state index contributed by atoms with van der Waals surface area (Å²) in [4.78, 5) is 2.65. The maximum absolute atomic E-state index is 3.52. The topological polar surface area (TPSA) is 15.3 Å². The van der Waals surface area contributed by atoms with Crippen LogP contribution in [-0.2, 0) is 0 Å². The lowest BCUT2D eigenvalue weighted by molar-refractivity contribution is 0.254. The molecule has 0 spiro atoms. The Hall–Kier alpha value is 0.270. The van der Waals surface area contributed by atoms with Gasteiger partial charge in [0.25, 0.3) is 0 Å². The third-order valence-corrected chi connectivity index (χ3v) is 4.68. The molecule has 1 N–H and O–H groups in total. The fraction of sp³-hybridized carbons (Fsp3) is 1.00. The van der Waals surface area contributed by atoms with Crippen molar-refractivity contribution in [2.24, 2.45) is 5.92 Å². The van der Waals surface area contributed by atoms with Gasteiger partial charge in [-0.1, -0.05) is 20.3 Å². The van der Waals surface area contributed by atoms with Crippen molar-refractivity contribution >= 4 is 11.8 Å². The molecule has 3 heteroatoms. The van der Waals surface area contributed by atoms with E-state index in [1.54, 1.807) is 0 Å². The van der Waals surface area contributed by atoms with Gasteiger partial charge >= 0.3 is 0 Å². The van der Waals surface area contributed by atoms with Crippen LogP contribution in [0.2, 0.25) is 0 Å². The lowest BCUT2D eigenvalue weighted by atomic mass is 10.1. The molecule has 0 radical (unpaired) electrons. The number of nitrogens with zero attached hydrogens (tertiary/aromatic N) is 1. The molecule has 0 atom stereocenters. The van der Waals surface area contributed by atoms with Crippen LogP contribution in [0.5, 0.6) is 0 Å². The van der Waals surface area contributed by atoms with Crippen molar-refractivity contribution < 1.29 is 0 Å². The zero-order valence-electron chi connectivity index (χ0n) is 12.8. The first kappa shape index (κ1) is 16.3. The summed E-state index contributed by atoms with van der Waals surface area (Å²) in [5.41, 5.74) is 0. The highest BCUT2D eigenvalue weighted by Crippen LogP contribution is 2.29. The molecule has 0 aromatic carbocycles. The fourth-order valence-corrected chi connectivity index (χ4v) is 3.63. The summed E-state index contributed by atoms with van der Waals surface area (Å²) >= 11 is 2.13. The Labute approximate surface area is 118 Å². The van der Waals surface area contributed by atoms with Crippen LogP contribution in [-0.4, -0.2) is 48.1 Å². The second kappa shape index (κ2) is 8.44. The summed E-state index contributed by atoms with van der Waals surface area (Å²) < 4.78 is 0.469. The van der Waals surface area contributed by atoms with Gasteiger partial charge in [-0.2, -0.15) is 11.8 Å². The van der Waals surface area contributed by atoms with Crippen LogP contribution in [0.1, 0.15) is 47.0 Å². The molecule has 1 saturated heterocycles. The van der Waals surface area contributed by atoms with Crippen molar-refractivity contribution in [1.29, 1.82) is 0 Å². The summed E-state index contributed by atoms with van der Waals surface area (Å²) in [5.74, 6) is 2.08. The number of unbranched alkanes of at least 4 members (excludes halogenated alkanes) is 2. The molecule has 0 unspecified atom stereocenters. The molecule has 1 aliphatic rings. The molecule has 0 aliphatic carbocycles.